The first-order valence-electron chi connectivity index (χ1n) is 8.48. The fourth-order valence-corrected chi connectivity index (χ4v) is 5.47. The number of nitrogens with zero attached hydrogens (tertiary/aromatic N) is 4. The number of aryl methyl sites for hydroxylation is 1. The number of thiophene rings is 1. The molecule has 1 fully saturated rings. The van der Waals surface area contributed by atoms with Crippen LogP contribution in [0.5, 0.6) is 0 Å². The second kappa shape index (κ2) is 5.51. The topological polar surface area (TPSA) is 51.0 Å². The number of imidazole rings is 1. The van der Waals surface area contributed by atoms with Gasteiger partial charge in [0, 0.05) is 30.4 Å². The SMILES string of the molecule is Cc1nc(C(=O)N2CC[C@]3(CCn4c(-c5cccs5)cnc43)C2)cs1. The molecule has 0 aromatic carbocycles. The highest BCUT2D eigenvalue weighted by atomic mass is 32.1. The number of carbonyl (C=O) groups is 1. The van der Waals surface area contributed by atoms with Crippen molar-refractivity contribution in [3.05, 3.63) is 45.6 Å². The molecule has 128 valence electrons. The number of carbonyl (C=O) groups excluding carboxylic acids is 1. The van der Waals surface area contributed by atoms with Crippen LogP contribution in [0, 0.1) is 6.92 Å². The zero-order chi connectivity index (χ0) is 17.0. The van der Waals surface area contributed by atoms with Gasteiger partial charge < -0.3 is 9.47 Å². The third-order valence-corrected chi connectivity index (χ3v) is 7.06. The van der Waals surface area contributed by atoms with Gasteiger partial charge in [0.25, 0.3) is 5.91 Å². The molecule has 25 heavy (non-hydrogen) atoms. The molecule has 0 bridgehead atoms. The van der Waals surface area contributed by atoms with Gasteiger partial charge in [-0.1, -0.05) is 6.07 Å². The number of fused-ring (bicyclic) bond motifs is 2. The lowest BCUT2D eigenvalue weighted by Gasteiger charge is -2.22. The molecular weight excluding hydrogens is 352 g/mol. The lowest BCUT2D eigenvalue weighted by Crippen LogP contribution is -2.33. The van der Waals surface area contributed by atoms with Crippen molar-refractivity contribution in [2.45, 2.75) is 31.7 Å². The quantitative estimate of drug-likeness (QED) is 0.693. The van der Waals surface area contributed by atoms with E-state index in [0.717, 1.165) is 43.3 Å². The summed E-state index contributed by atoms with van der Waals surface area (Å²) in [6, 6.07) is 4.23. The second-order valence-corrected chi connectivity index (χ2v) is 8.86. The standard InChI is InChI=1S/C18H18N4OS2/c1-12-20-13(10-25-12)16(23)21-6-4-18(11-21)5-7-22-14(9-19-17(18)22)15-3-2-8-24-15/h2-3,8-10H,4-7,11H2,1H3/t18-/m0/s1. The van der Waals surface area contributed by atoms with Gasteiger partial charge in [0.05, 0.1) is 21.8 Å². The number of amides is 1. The Hall–Kier alpha value is -1.99. The Morgan fingerprint density at radius 1 is 1.28 bits per heavy atom. The first-order chi connectivity index (χ1) is 12.2. The summed E-state index contributed by atoms with van der Waals surface area (Å²) >= 11 is 3.28. The van der Waals surface area contributed by atoms with Crippen LogP contribution in [0.4, 0.5) is 0 Å². The lowest BCUT2D eigenvalue weighted by atomic mass is 9.85. The Bertz CT molecular complexity index is 942. The van der Waals surface area contributed by atoms with Crippen molar-refractivity contribution in [2.24, 2.45) is 0 Å². The molecule has 0 unspecified atom stereocenters. The normalized spacial score (nSPS) is 22.0. The molecule has 1 amide bonds. The molecular formula is C18H18N4OS2. The van der Waals surface area contributed by atoms with Crippen LogP contribution in [-0.4, -0.2) is 38.4 Å². The van der Waals surface area contributed by atoms with E-state index < -0.39 is 0 Å². The Balaban J connectivity index is 1.43. The number of likely N-dealkylation sites (tertiary alicyclic amines) is 1. The zero-order valence-electron chi connectivity index (χ0n) is 13.9. The molecule has 1 spiro atoms. The predicted molar refractivity (Wildman–Crippen MR) is 99.2 cm³/mol. The number of hydrogen-bond acceptors (Lipinski definition) is 5. The van der Waals surface area contributed by atoms with Gasteiger partial charge in [0.2, 0.25) is 0 Å². The average Bonchev–Trinajstić information content (AvgIpc) is 3.39. The fourth-order valence-electron chi connectivity index (χ4n) is 4.14. The van der Waals surface area contributed by atoms with Crippen LogP contribution < -0.4 is 0 Å². The van der Waals surface area contributed by atoms with Crippen molar-refractivity contribution >= 4 is 28.6 Å². The van der Waals surface area contributed by atoms with Crippen LogP contribution in [0.2, 0.25) is 0 Å². The maximum Gasteiger partial charge on any atom is 0.273 e. The van der Waals surface area contributed by atoms with E-state index in [4.69, 9.17) is 4.98 Å². The molecule has 0 N–H and O–H groups in total. The third-order valence-electron chi connectivity index (χ3n) is 5.40. The van der Waals surface area contributed by atoms with Crippen LogP contribution in [0.15, 0.2) is 29.1 Å². The molecule has 1 saturated heterocycles. The molecule has 3 aromatic rings. The second-order valence-electron chi connectivity index (χ2n) is 6.85. The Labute approximate surface area is 154 Å². The van der Waals surface area contributed by atoms with Gasteiger partial charge in [-0.2, -0.15) is 0 Å². The Morgan fingerprint density at radius 3 is 2.92 bits per heavy atom. The fraction of sp³-hybridized carbons (Fsp3) is 0.389. The molecule has 5 nitrogen and oxygen atoms in total. The highest BCUT2D eigenvalue weighted by molar-refractivity contribution is 7.13. The minimum Gasteiger partial charge on any atom is -0.336 e. The first-order valence-corrected chi connectivity index (χ1v) is 10.2. The molecule has 7 heteroatoms. The van der Waals surface area contributed by atoms with Gasteiger partial charge in [0.15, 0.2) is 0 Å². The van der Waals surface area contributed by atoms with Crippen molar-refractivity contribution in [3.63, 3.8) is 0 Å². The van der Waals surface area contributed by atoms with Gasteiger partial charge in [-0.15, -0.1) is 22.7 Å². The van der Waals surface area contributed by atoms with Crippen LogP contribution in [0.1, 0.15) is 34.2 Å². The number of thiazole rings is 1. The smallest absolute Gasteiger partial charge is 0.273 e. The van der Waals surface area contributed by atoms with Crippen molar-refractivity contribution < 1.29 is 4.79 Å². The molecule has 0 aliphatic carbocycles. The number of aromatic nitrogens is 3. The van der Waals surface area contributed by atoms with Crippen molar-refractivity contribution in [3.8, 4) is 10.6 Å². The van der Waals surface area contributed by atoms with E-state index in [9.17, 15) is 4.79 Å². The summed E-state index contributed by atoms with van der Waals surface area (Å²) in [6.45, 7) is 4.47. The lowest BCUT2D eigenvalue weighted by molar-refractivity contribution is 0.0778. The summed E-state index contributed by atoms with van der Waals surface area (Å²) in [6.07, 6.45) is 4.05. The third kappa shape index (κ3) is 2.29. The maximum absolute atomic E-state index is 12.7. The molecule has 5 rings (SSSR count). The van der Waals surface area contributed by atoms with Crippen LogP contribution >= 0.6 is 22.7 Å². The van der Waals surface area contributed by atoms with Gasteiger partial charge >= 0.3 is 0 Å². The van der Waals surface area contributed by atoms with E-state index in [-0.39, 0.29) is 11.3 Å². The average molecular weight is 371 g/mol. The van der Waals surface area contributed by atoms with Crippen LogP contribution in [-0.2, 0) is 12.0 Å². The Morgan fingerprint density at radius 2 is 2.16 bits per heavy atom. The highest BCUT2D eigenvalue weighted by Crippen LogP contribution is 2.44. The van der Waals surface area contributed by atoms with E-state index in [1.807, 2.05) is 23.4 Å². The predicted octanol–water partition coefficient (Wildman–Crippen LogP) is 3.56. The maximum atomic E-state index is 12.7. The van der Waals surface area contributed by atoms with Gasteiger partial charge in [0.1, 0.15) is 11.5 Å². The summed E-state index contributed by atoms with van der Waals surface area (Å²) in [4.78, 5) is 25.1. The summed E-state index contributed by atoms with van der Waals surface area (Å²) in [7, 11) is 0. The number of hydrogen-bond donors (Lipinski definition) is 0. The van der Waals surface area contributed by atoms with E-state index >= 15 is 0 Å². The minimum atomic E-state index is 0.0102. The largest absolute Gasteiger partial charge is 0.336 e. The first kappa shape index (κ1) is 15.3. The van der Waals surface area contributed by atoms with E-state index in [0.29, 0.717) is 5.69 Å². The summed E-state index contributed by atoms with van der Waals surface area (Å²) in [5, 5.41) is 4.91. The monoisotopic (exact) mass is 370 g/mol. The van der Waals surface area contributed by atoms with Crippen molar-refractivity contribution in [2.75, 3.05) is 13.1 Å². The highest BCUT2D eigenvalue weighted by Gasteiger charge is 2.48. The molecule has 5 heterocycles. The van der Waals surface area contributed by atoms with Crippen molar-refractivity contribution in [1.29, 1.82) is 0 Å². The number of rotatable bonds is 2. The van der Waals surface area contributed by atoms with Crippen LogP contribution in [0.3, 0.4) is 0 Å². The molecule has 2 aliphatic heterocycles. The van der Waals surface area contributed by atoms with Crippen LogP contribution in [0.25, 0.3) is 10.6 Å². The van der Waals surface area contributed by atoms with Gasteiger partial charge in [-0.05, 0) is 31.2 Å². The molecule has 0 radical (unpaired) electrons. The Kier molecular flexibility index (Phi) is 3.36. The minimum absolute atomic E-state index is 0.0102. The molecule has 0 saturated carbocycles. The summed E-state index contributed by atoms with van der Waals surface area (Å²) in [5.74, 6) is 1.21. The van der Waals surface area contributed by atoms with E-state index in [1.54, 1.807) is 11.3 Å². The summed E-state index contributed by atoms with van der Waals surface area (Å²) in [5.41, 5.74) is 1.80. The van der Waals surface area contributed by atoms with Gasteiger partial charge in [-0.25, -0.2) is 9.97 Å². The van der Waals surface area contributed by atoms with E-state index in [2.05, 4.69) is 27.1 Å². The van der Waals surface area contributed by atoms with Gasteiger partial charge in [-0.3, -0.25) is 4.79 Å². The molecule has 1 atom stereocenters. The molecule has 3 aromatic heterocycles. The summed E-state index contributed by atoms with van der Waals surface area (Å²) < 4.78 is 2.35. The van der Waals surface area contributed by atoms with Crippen molar-refractivity contribution in [1.82, 2.24) is 19.4 Å². The zero-order valence-corrected chi connectivity index (χ0v) is 15.6. The molecule has 2 aliphatic rings. The van der Waals surface area contributed by atoms with E-state index in [1.165, 1.54) is 21.9 Å².